The van der Waals surface area contributed by atoms with Gasteiger partial charge in [0.2, 0.25) is 0 Å². The van der Waals surface area contributed by atoms with Crippen LogP contribution in [-0.4, -0.2) is 53.9 Å². The molecule has 4 N–H and O–H groups in total. The fraction of sp³-hybridized carbons (Fsp3) is 0.469. The zero-order valence-corrected chi connectivity index (χ0v) is 25.2. The minimum absolute atomic E-state index is 0.146. The maximum Gasteiger partial charge on any atom is 0.404 e. The highest BCUT2D eigenvalue weighted by Crippen LogP contribution is 2.32. The van der Waals surface area contributed by atoms with Gasteiger partial charge in [0.05, 0.1) is 18.9 Å². The van der Waals surface area contributed by atoms with Crippen molar-refractivity contribution >= 4 is 23.5 Å². The lowest BCUT2D eigenvalue weighted by Crippen LogP contribution is -2.32. The highest BCUT2D eigenvalue weighted by atomic mass is 16.5. The molecule has 3 aromatic rings. The van der Waals surface area contributed by atoms with Crippen molar-refractivity contribution in [3.05, 3.63) is 60.6 Å². The Hall–Kier alpha value is -4.05. The number of oxazole rings is 1. The van der Waals surface area contributed by atoms with Crippen LogP contribution >= 0.6 is 0 Å². The summed E-state index contributed by atoms with van der Waals surface area (Å²) in [6.45, 7) is 10.9. The molecule has 1 fully saturated rings. The zero-order chi connectivity index (χ0) is 30.3. The van der Waals surface area contributed by atoms with Crippen LogP contribution in [0.3, 0.4) is 0 Å². The van der Waals surface area contributed by atoms with Gasteiger partial charge >= 0.3 is 12.1 Å². The van der Waals surface area contributed by atoms with Crippen LogP contribution in [0.15, 0.2) is 59.5 Å². The molecule has 0 saturated heterocycles. The molecule has 4 rings (SSSR count). The van der Waals surface area contributed by atoms with Crippen molar-refractivity contribution in [2.75, 3.05) is 37.4 Å². The Morgan fingerprint density at radius 1 is 1.07 bits per heavy atom. The average Bonchev–Trinajstić information content (AvgIpc) is 3.54. The van der Waals surface area contributed by atoms with E-state index in [-0.39, 0.29) is 6.54 Å². The maximum atomic E-state index is 12.3. The van der Waals surface area contributed by atoms with Crippen molar-refractivity contribution in [2.45, 2.75) is 59.4 Å². The standard InChI is InChI=1S/C19H18N4O5.C13H27N/c1-27-16-8-14(5-6-15(16)17-10-20-11-28-17)23-18(24)22-13-4-2-3-12(7-13)9-21-19(25)26;1-4-14(5-2)11-12(3)13-9-7-6-8-10-13/h2-8,10-11,21H,9H2,1H3,(H,25,26)(H2,22,23,24);12-13H,4-11H2,1-3H3. The topological polar surface area (TPSA) is 129 Å². The number of carboxylic acid groups (broad SMARTS) is 1. The third-order valence-corrected chi connectivity index (χ3v) is 7.68. The van der Waals surface area contributed by atoms with Crippen molar-refractivity contribution in [1.82, 2.24) is 15.2 Å². The van der Waals surface area contributed by atoms with Gasteiger partial charge in [-0.3, -0.25) is 0 Å². The van der Waals surface area contributed by atoms with Crippen LogP contribution in [0.1, 0.15) is 58.4 Å². The second-order valence-corrected chi connectivity index (χ2v) is 10.6. The molecule has 0 radical (unpaired) electrons. The molecule has 0 spiro atoms. The van der Waals surface area contributed by atoms with Gasteiger partial charge in [-0.2, -0.15) is 0 Å². The molecule has 10 heteroatoms. The molecule has 228 valence electrons. The van der Waals surface area contributed by atoms with Gasteiger partial charge in [-0.15, -0.1) is 0 Å². The van der Waals surface area contributed by atoms with Crippen LogP contribution in [0.2, 0.25) is 0 Å². The number of aromatic nitrogens is 1. The van der Waals surface area contributed by atoms with Crippen molar-refractivity contribution in [1.29, 1.82) is 0 Å². The van der Waals surface area contributed by atoms with Crippen molar-refractivity contribution in [3.8, 4) is 17.1 Å². The number of ether oxygens (including phenoxy) is 1. The second kappa shape index (κ2) is 17.0. The van der Waals surface area contributed by atoms with E-state index in [4.69, 9.17) is 14.3 Å². The number of carbonyl (C=O) groups excluding carboxylic acids is 1. The lowest BCUT2D eigenvalue weighted by atomic mass is 9.80. The molecule has 1 aromatic heterocycles. The number of hydrogen-bond donors (Lipinski definition) is 4. The summed E-state index contributed by atoms with van der Waals surface area (Å²) >= 11 is 0. The predicted octanol–water partition coefficient (Wildman–Crippen LogP) is 7.31. The summed E-state index contributed by atoms with van der Waals surface area (Å²) in [5, 5.41) is 16.4. The summed E-state index contributed by atoms with van der Waals surface area (Å²) in [5.74, 6) is 3.01. The number of amides is 3. The lowest BCUT2D eigenvalue weighted by Gasteiger charge is -2.31. The molecule has 1 unspecified atom stereocenters. The van der Waals surface area contributed by atoms with Crippen LogP contribution in [0.25, 0.3) is 11.3 Å². The minimum Gasteiger partial charge on any atom is -0.496 e. The molecular formula is C32H45N5O5. The van der Waals surface area contributed by atoms with Crippen molar-refractivity contribution in [3.63, 3.8) is 0 Å². The van der Waals surface area contributed by atoms with E-state index < -0.39 is 12.1 Å². The largest absolute Gasteiger partial charge is 0.496 e. The monoisotopic (exact) mass is 579 g/mol. The Balaban J connectivity index is 0.000000291. The number of nitrogens with one attached hydrogen (secondary N) is 3. The fourth-order valence-electron chi connectivity index (χ4n) is 5.29. The number of rotatable bonds is 11. The van der Waals surface area contributed by atoms with E-state index in [9.17, 15) is 9.59 Å². The summed E-state index contributed by atoms with van der Waals surface area (Å²) in [6.07, 6.45) is 9.21. The van der Waals surface area contributed by atoms with Gasteiger partial charge in [-0.05, 0) is 54.8 Å². The number of anilines is 2. The molecule has 1 saturated carbocycles. The second-order valence-electron chi connectivity index (χ2n) is 10.6. The lowest BCUT2D eigenvalue weighted by molar-refractivity contribution is 0.184. The first-order chi connectivity index (χ1) is 20.3. The van der Waals surface area contributed by atoms with E-state index in [0.29, 0.717) is 28.4 Å². The third-order valence-electron chi connectivity index (χ3n) is 7.68. The highest BCUT2D eigenvalue weighted by molar-refractivity contribution is 6.00. The number of urea groups is 1. The molecule has 2 aromatic carbocycles. The van der Waals surface area contributed by atoms with E-state index >= 15 is 0 Å². The molecule has 0 aliphatic heterocycles. The zero-order valence-electron chi connectivity index (χ0n) is 25.2. The molecular weight excluding hydrogens is 534 g/mol. The Bertz CT molecular complexity index is 1240. The quantitative estimate of drug-likeness (QED) is 0.187. The van der Waals surface area contributed by atoms with Crippen LogP contribution in [0.5, 0.6) is 5.75 Å². The number of benzene rings is 2. The van der Waals surface area contributed by atoms with Gasteiger partial charge < -0.3 is 35.1 Å². The Labute approximate surface area is 248 Å². The van der Waals surface area contributed by atoms with Gasteiger partial charge in [0.1, 0.15) is 5.75 Å². The Morgan fingerprint density at radius 3 is 2.40 bits per heavy atom. The van der Waals surface area contributed by atoms with Crippen LogP contribution in [-0.2, 0) is 6.54 Å². The van der Waals surface area contributed by atoms with Crippen LogP contribution in [0.4, 0.5) is 21.0 Å². The summed E-state index contributed by atoms with van der Waals surface area (Å²) in [6, 6.07) is 11.6. The van der Waals surface area contributed by atoms with Gasteiger partial charge in [0, 0.05) is 30.5 Å². The van der Waals surface area contributed by atoms with Crippen molar-refractivity contribution < 1.29 is 23.8 Å². The first-order valence-electron chi connectivity index (χ1n) is 14.8. The summed E-state index contributed by atoms with van der Waals surface area (Å²) in [5.41, 5.74) is 2.50. The molecule has 0 bridgehead atoms. The van der Waals surface area contributed by atoms with Gasteiger partial charge in [-0.25, -0.2) is 14.6 Å². The molecule has 10 nitrogen and oxygen atoms in total. The van der Waals surface area contributed by atoms with Gasteiger partial charge in [0.15, 0.2) is 12.2 Å². The first-order valence-corrected chi connectivity index (χ1v) is 14.8. The smallest absolute Gasteiger partial charge is 0.404 e. The summed E-state index contributed by atoms with van der Waals surface area (Å²) < 4.78 is 10.6. The average molecular weight is 580 g/mol. The number of hydrogen-bond acceptors (Lipinski definition) is 6. The van der Waals surface area contributed by atoms with Crippen molar-refractivity contribution in [2.24, 2.45) is 11.8 Å². The van der Waals surface area contributed by atoms with E-state index in [2.05, 4.69) is 46.6 Å². The first kappa shape index (κ1) is 32.5. The Kier molecular flexibility index (Phi) is 13.2. The molecule has 1 atom stereocenters. The third kappa shape index (κ3) is 10.4. The highest BCUT2D eigenvalue weighted by Gasteiger charge is 2.21. The van der Waals surface area contributed by atoms with E-state index in [1.54, 1.807) is 48.7 Å². The SMILES string of the molecule is CCN(CC)CC(C)C1CCCCC1.COc1cc(NC(=O)Nc2cccc(CNC(=O)O)c2)ccc1-c1cnco1. The minimum atomic E-state index is -1.11. The molecule has 1 aliphatic rings. The summed E-state index contributed by atoms with van der Waals surface area (Å²) in [7, 11) is 1.52. The van der Waals surface area contributed by atoms with Crippen LogP contribution in [0, 0.1) is 11.8 Å². The maximum absolute atomic E-state index is 12.3. The fourth-order valence-corrected chi connectivity index (χ4v) is 5.29. The molecule has 42 heavy (non-hydrogen) atoms. The number of nitrogens with zero attached hydrogens (tertiary/aromatic N) is 2. The molecule has 3 amide bonds. The summed E-state index contributed by atoms with van der Waals surface area (Å²) in [4.78, 5) is 29.3. The van der Waals surface area contributed by atoms with E-state index in [0.717, 1.165) is 17.4 Å². The van der Waals surface area contributed by atoms with Gasteiger partial charge in [-0.1, -0.05) is 65.0 Å². The van der Waals surface area contributed by atoms with E-state index in [1.165, 1.54) is 65.2 Å². The predicted molar refractivity (Wildman–Crippen MR) is 166 cm³/mol. The number of methoxy groups -OCH3 is 1. The van der Waals surface area contributed by atoms with Gasteiger partial charge in [0.25, 0.3) is 0 Å². The normalized spacial score (nSPS) is 13.9. The molecule has 1 aliphatic carbocycles. The van der Waals surface area contributed by atoms with Crippen LogP contribution < -0.4 is 20.7 Å². The van der Waals surface area contributed by atoms with E-state index in [1.807, 2.05) is 0 Å². The number of carbonyl (C=O) groups is 2. The Morgan fingerprint density at radius 2 is 1.79 bits per heavy atom. The molecule has 1 heterocycles.